The summed E-state index contributed by atoms with van der Waals surface area (Å²) in [6.45, 7) is 4.46. The van der Waals surface area contributed by atoms with Crippen LogP contribution in [0, 0.1) is 5.92 Å². The summed E-state index contributed by atoms with van der Waals surface area (Å²) >= 11 is 0. The van der Waals surface area contributed by atoms with Gasteiger partial charge in [-0.25, -0.2) is 0 Å². The Hall–Kier alpha value is -0.650. The minimum atomic E-state index is 0.0272. The molecule has 2 fully saturated rings. The first kappa shape index (κ1) is 11.8. The Kier molecular flexibility index (Phi) is 4.56. The van der Waals surface area contributed by atoms with Crippen molar-refractivity contribution < 1.29 is 14.3 Å². The van der Waals surface area contributed by atoms with Gasteiger partial charge in [-0.3, -0.25) is 4.79 Å². The van der Waals surface area contributed by atoms with Crippen LogP contribution >= 0.6 is 0 Å². The van der Waals surface area contributed by atoms with Crippen LogP contribution in [0.1, 0.15) is 12.8 Å². The lowest BCUT2D eigenvalue weighted by molar-refractivity contribution is -0.124. The number of ether oxygens (including phenoxy) is 2. The van der Waals surface area contributed by atoms with Gasteiger partial charge in [-0.15, -0.1) is 0 Å². The summed E-state index contributed by atoms with van der Waals surface area (Å²) in [4.78, 5) is 11.6. The van der Waals surface area contributed by atoms with Crippen molar-refractivity contribution in [3.8, 4) is 0 Å². The normalized spacial score (nSPS) is 30.2. The fraction of sp³-hybridized carbons (Fsp3) is 0.909. The van der Waals surface area contributed by atoms with Crippen molar-refractivity contribution in [2.24, 2.45) is 5.92 Å². The predicted molar refractivity (Wildman–Crippen MR) is 59.2 cm³/mol. The molecule has 0 radical (unpaired) electrons. The highest BCUT2D eigenvalue weighted by Gasteiger charge is 2.19. The Labute approximate surface area is 95.9 Å². The molecule has 92 valence electrons. The van der Waals surface area contributed by atoms with Crippen LogP contribution in [0.15, 0.2) is 0 Å². The van der Waals surface area contributed by atoms with E-state index in [0.717, 1.165) is 19.5 Å². The number of nitrogens with one attached hydrogen (secondary N) is 2. The van der Waals surface area contributed by atoms with Gasteiger partial charge in [0, 0.05) is 13.0 Å². The molecule has 2 unspecified atom stereocenters. The third kappa shape index (κ3) is 3.73. The molecule has 2 N–H and O–H groups in total. The lowest BCUT2D eigenvalue weighted by atomic mass is 10.0. The van der Waals surface area contributed by atoms with Gasteiger partial charge in [0.1, 0.15) is 0 Å². The third-order valence-electron chi connectivity index (χ3n) is 3.05. The monoisotopic (exact) mass is 228 g/mol. The van der Waals surface area contributed by atoms with Crippen LogP contribution in [0.4, 0.5) is 0 Å². The Bertz CT molecular complexity index is 223. The highest BCUT2D eigenvalue weighted by molar-refractivity contribution is 5.76. The second-order valence-electron chi connectivity index (χ2n) is 4.43. The fourth-order valence-corrected chi connectivity index (χ4v) is 2.11. The van der Waals surface area contributed by atoms with Crippen LogP contribution < -0.4 is 10.6 Å². The Morgan fingerprint density at radius 2 is 2.38 bits per heavy atom. The van der Waals surface area contributed by atoms with E-state index in [-0.39, 0.29) is 12.0 Å². The van der Waals surface area contributed by atoms with Gasteiger partial charge in [0.15, 0.2) is 0 Å². The van der Waals surface area contributed by atoms with Gasteiger partial charge in [-0.05, 0) is 25.4 Å². The SMILES string of the molecule is O=C(CC1CCNC1)NCC1COCCO1. The molecular formula is C11H20N2O3. The molecule has 2 atom stereocenters. The molecule has 2 aliphatic heterocycles. The van der Waals surface area contributed by atoms with E-state index in [1.807, 2.05) is 0 Å². The molecule has 0 aromatic carbocycles. The predicted octanol–water partition coefficient (Wildman–Crippen LogP) is -0.482. The number of carbonyl (C=O) groups is 1. The summed E-state index contributed by atoms with van der Waals surface area (Å²) in [6.07, 6.45) is 1.76. The standard InChI is InChI=1S/C11H20N2O3/c14-11(5-9-1-2-12-6-9)13-7-10-8-15-3-4-16-10/h9-10,12H,1-8H2,(H,13,14). The van der Waals surface area contributed by atoms with Gasteiger partial charge >= 0.3 is 0 Å². The zero-order chi connectivity index (χ0) is 11.2. The van der Waals surface area contributed by atoms with Gasteiger partial charge in [-0.2, -0.15) is 0 Å². The molecule has 2 rings (SSSR count). The average Bonchev–Trinajstić information content (AvgIpc) is 2.81. The quantitative estimate of drug-likeness (QED) is 0.682. The number of amides is 1. The molecule has 2 saturated heterocycles. The van der Waals surface area contributed by atoms with E-state index in [9.17, 15) is 4.79 Å². The maximum absolute atomic E-state index is 11.6. The van der Waals surface area contributed by atoms with E-state index in [1.54, 1.807) is 0 Å². The van der Waals surface area contributed by atoms with Gasteiger partial charge in [0.25, 0.3) is 0 Å². The lowest BCUT2D eigenvalue weighted by Crippen LogP contribution is -2.40. The van der Waals surface area contributed by atoms with Crippen molar-refractivity contribution in [3.05, 3.63) is 0 Å². The van der Waals surface area contributed by atoms with Crippen LogP contribution in [0.3, 0.4) is 0 Å². The van der Waals surface area contributed by atoms with Crippen molar-refractivity contribution in [2.75, 3.05) is 39.5 Å². The van der Waals surface area contributed by atoms with Crippen molar-refractivity contribution >= 4 is 5.91 Å². The number of hydrogen-bond donors (Lipinski definition) is 2. The highest BCUT2D eigenvalue weighted by atomic mass is 16.6. The summed E-state index contributed by atoms with van der Waals surface area (Å²) < 4.78 is 10.7. The Morgan fingerprint density at radius 3 is 3.06 bits per heavy atom. The first-order chi connectivity index (χ1) is 7.84. The molecule has 1 amide bonds. The third-order valence-corrected chi connectivity index (χ3v) is 3.05. The van der Waals surface area contributed by atoms with Crippen LogP contribution in [0.5, 0.6) is 0 Å². The molecular weight excluding hydrogens is 208 g/mol. The molecule has 5 nitrogen and oxygen atoms in total. The van der Waals surface area contributed by atoms with Gasteiger partial charge in [0.05, 0.1) is 25.9 Å². The summed E-state index contributed by atoms with van der Waals surface area (Å²) in [5.41, 5.74) is 0. The smallest absolute Gasteiger partial charge is 0.220 e. The molecule has 0 aromatic rings. The number of carbonyl (C=O) groups excluding carboxylic acids is 1. The molecule has 0 saturated carbocycles. The zero-order valence-corrected chi connectivity index (χ0v) is 9.54. The molecule has 2 aliphatic rings. The molecule has 0 bridgehead atoms. The van der Waals surface area contributed by atoms with Crippen LogP contribution in [0.2, 0.25) is 0 Å². The second-order valence-corrected chi connectivity index (χ2v) is 4.43. The summed E-state index contributed by atoms with van der Waals surface area (Å²) in [7, 11) is 0. The van der Waals surface area contributed by atoms with E-state index in [2.05, 4.69) is 10.6 Å². The Balaban J connectivity index is 1.59. The van der Waals surface area contributed by atoms with E-state index in [4.69, 9.17) is 9.47 Å². The lowest BCUT2D eigenvalue weighted by Gasteiger charge is -2.23. The topological polar surface area (TPSA) is 59.6 Å². The van der Waals surface area contributed by atoms with Crippen molar-refractivity contribution in [1.82, 2.24) is 10.6 Å². The van der Waals surface area contributed by atoms with Crippen LogP contribution in [-0.2, 0) is 14.3 Å². The largest absolute Gasteiger partial charge is 0.376 e. The van der Waals surface area contributed by atoms with Crippen molar-refractivity contribution in [2.45, 2.75) is 18.9 Å². The number of hydrogen-bond acceptors (Lipinski definition) is 4. The van der Waals surface area contributed by atoms with E-state index < -0.39 is 0 Å². The first-order valence-corrected chi connectivity index (χ1v) is 6.01. The first-order valence-electron chi connectivity index (χ1n) is 6.01. The molecule has 16 heavy (non-hydrogen) atoms. The molecule has 2 heterocycles. The van der Waals surface area contributed by atoms with Gasteiger partial charge < -0.3 is 20.1 Å². The summed E-state index contributed by atoms with van der Waals surface area (Å²) in [5.74, 6) is 0.631. The zero-order valence-electron chi connectivity index (χ0n) is 9.54. The highest BCUT2D eigenvalue weighted by Crippen LogP contribution is 2.11. The molecule has 0 spiro atoms. The second kappa shape index (κ2) is 6.18. The van der Waals surface area contributed by atoms with E-state index in [1.165, 1.54) is 0 Å². The molecule has 0 aromatic heterocycles. The summed E-state index contributed by atoms with van der Waals surface area (Å²) in [6, 6.07) is 0. The van der Waals surface area contributed by atoms with Gasteiger partial charge in [0.2, 0.25) is 5.91 Å². The van der Waals surface area contributed by atoms with Crippen LogP contribution in [-0.4, -0.2) is 51.5 Å². The van der Waals surface area contributed by atoms with Crippen molar-refractivity contribution in [1.29, 1.82) is 0 Å². The van der Waals surface area contributed by atoms with Crippen LogP contribution in [0.25, 0.3) is 0 Å². The van der Waals surface area contributed by atoms with E-state index in [0.29, 0.717) is 38.7 Å². The van der Waals surface area contributed by atoms with Crippen molar-refractivity contribution in [3.63, 3.8) is 0 Å². The average molecular weight is 228 g/mol. The van der Waals surface area contributed by atoms with E-state index >= 15 is 0 Å². The maximum Gasteiger partial charge on any atom is 0.220 e. The minimum Gasteiger partial charge on any atom is -0.376 e. The Morgan fingerprint density at radius 1 is 1.44 bits per heavy atom. The number of rotatable bonds is 4. The fourth-order valence-electron chi connectivity index (χ4n) is 2.11. The molecule has 5 heteroatoms. The summed E-state index contributed by atoms with van der Waals surface area (Å²) in [5, 5.41) is 6.17. The molecule has 0 aliphatic carbocycles. The maximum atomic E-state index is 11.6. The minimum absolute atomic E-state index is 0.0272. The van der Waals surface area contributed by atoms with Gasteiger partial charge in [-0.1, -0.05) is 0 Å².